The number of nitrogens with two attached hydrogens (primary N) is 1. The van der Waals surface area contributed by atoms with Crippen molar-refractivity contribution in [3.8, 4) is 0 Å². The molecule has 13 heavy (non-hydrogen) atoms. The number of thiophene rings is 1. The van der Waals surface area contributed by atoms with Gasteiger partial charge >= 0.3 is 0 Å². The van der Waals surface area contributed by atoms with Gasteiger partial charge in [-0.2, -0.15) is 0 Å². The molecule has 0 saturated heterocycles. The fourth-order valence-electron chi connectivity index (χ4n) is 0.930. The third-order valence-electron chi connectivity index (χ3n) is 1.64. The van der Waals surface area contributed by atoms with Crippen LogP contribution in [0.3, 0.4) is 0 Å². The summed E-state index contributed by atoms with van der Waals surface area (Å²) in [5.74, 6) is -0.0305. The molecule has 0 saturated carbocycles. The summed E-state index contributed by atoms with van der Waals surface area (Å²) < 4.78 is 1.04. The molecule has 0 bridgehead atoms. The number of rotatable bonds is 3. The van der Waals surface area contributed by atoms with Gasteiger partial charge in [0, 0.05) is 24.4 Å². The topological polar surface area (TPSA) is 55.1 Å². The van der Waals surface area contributed by atoms with Crippen LogP contribution >= 0.6 is 27.3 Å². The van der Waals surface area contributed by atoms with Gasteiger partial charge in [-0.25, -0.2) is 0 Å². The molecule has 0 aromatic carbocycles. The second-order valence-electron chi connectivity index (χ2n) is 2.63. The third kappa shape index (κ3) is 3.10. The van der Waals surface area contributed by atoms with Gasteiger partial charge in [0.1, 0.15) is 0 Å². The molecule has 1 rings (SSSR count). The van der Waals surface area contributed by atoms with Gasteiger partial charge in [0.15, 0.2) is 0 Å². The van der Waals surface area contributed by atoms with Gasteiger partial charge in [0.05, 0.1) is 3.79 Å². The van der Waals surface area contributed by atoms with Crippen molar-refractivity contribution in [3.63, 3.8) is 0 Å². The molecular formula is C8H11BrN2OS. The van der Waals surface area contributed by atoms with Crippen LogP contribution in [0.4, 0.5) is 0 Å². The maximum Gasteiger partial charge on any atom is 0.221 e. The summed E-state index contributed by atoms with van der Waals surface area (Å²) in [7, 11) is 1.61. The Morgan fingerprint density at radius 1 is 1.77 bits per heavy atom. The van der Waals surface area contributed by atoms with Crippen LogP contribution in [0.5, 0.6) is 0 Å². The fraction of sp³-hybridized carbons (Fsp3) is 0.375. The van der Waals surface area contributed by atoms with Gasteiger partial charge in [0.2, 0.25) is 5.91 Å². The SMILES string of the molecule is CNC(=O)CC(N)c1ccc(Br)s1. The van der Waals surface area contributed by atoms with Crippen molar-refractivity contribution >= 4 is 33.2 Å². The molecule has 3 nitrogen and oxygen atoms in total. The summed E-state index contributed by atoms with van der Waals surface area (Å²) in [6, 6.07) is 3.67. The van der Waals surface area contributed by atoms with Crippen LogP contribution in [0.2, 0.25) is 0 Å². The standard InChI is InChI=1S/C8H11BrN2OS/c1-11-8(12)4-5(10)6-2-3-7(9)13-6/h2-3,5H,4,10H2,1H3,(H,11,12). The first-order valence-electron chi connectivity index (χ1n) is 3.85. The highest BCUT2D eigenvalue weighted by atomic mass is 79.9. The Hall–Kier alpha value is -0.390. The number of hydrogen-bond acceptors (Lipinski definition) is 3. The molecule has 0 spiro atoms. The molecule has 0 aliphatic carbocycles. The van der Waals surface area contributed by atoms with E-state index < -0.39 is 0 Å². The zero-order chi connectivity index (χ0) is 9.84. The van der Waals surface area contributed by atoms with Crippen LogP contribution in [0.1, 0.15) is 17.3 Å². The number of carbonyl (C=O) groups excluding carboxylic acids is 1. The number of halogens is 1. The van der Waals surface area contributed by atoms with Gasteiger partial charge in [-0.05, 0) is 28.1 Å². The molecule has 0 aliphatic rings. The van der Waals surface area contributed by atoms with E-state index in [2.05, 4.69) is 21.2 Å². The molecular weight excluding hydrogens is 252 g/mol. The average molecular weight is 263 g/mol. The van der Waals surface area contributed by atoms with Gasteiger partial charge in [-0.15, -0.1) is 11.3 Å². The number of amides is 1. The average Bonchev–Trinajstić information content (AvgIpc) is 2.51. The second kappa shape index (κ2) is 4.74. The first kappa shape index (κ1) is 10.7. The van der Waals surface area contributed by atoms with Crippen LogP contribution in [0.15, 0.2) is 15.9 Å². The Morgan fingerprint density at radius 3 is 2.92 bits per heavy atom. The zero-order valence-electron chi connectivity index (χ0n) is 7.21. The third-order valence-corrected chi connectivity index (χ3v) is 3.40. The lowest BCUT2D eigenvalue weighted by Gasteiger charge is -2.07. The minimum Gasteiger partial charge on any atom is -0.359 e. The van der Waals surface area contributed by atoms with Crippen molar-refractivity contribution in [3.05, 3.63) is 20.8 Å². The van der Waals surface area contributed by atoms with Crippen molar-refractivity contribution in [2.24, 2.45) is 5.73 Å². The fourth-order valence-corrected chi connectivity index (χ4v) is 2.35. The molecule has 3 N–H and O–H groups in total. The predicted molar refractivity (Wildman–Crippen MR) is 57.6 cm³/mol. The molecule has 0 fully saturated rings. The van der Waals surface area contributed by atoms with Crippen molar-refractivity contribution in [1.29, 1.82) is 0 Å². The van der Waals surface area contributed by atoms with Crippen LogP contribution in [-0.4, -0.2) is 13.0 Å². The molecule has 5 heteroatoms. The van der Waals surface area contributed by atoms with Crippen LogP contribution in [-0.2, 0) is 4.79 Å². The molecule has 1 aromatic rings. The highest BCUT2D eigenvalue weighted by Gasteiger charge is 2.11. The molecule has 0 aliphatic heterocycles. The van der Waals surface area contributed by atoms with E-state index in [1.165, 1.54) is 0 Å². The largest absolute Gasteiger partial charge is 0.359 e. The number of carbonyl (C=O) groups is 1. The molecule has 1 aromatic heterocycles. The van der Waals surface area contributed by atoms with Gasteiger partial charge in [-0.1, -0.05) is 0 Å². The van der Waals surface area contributed by atoms with Crippen LogP contribution in [0.25, 0.3) is 0 Å². The Labute approximate surface area is 89.5 Å². The predicted octanol–water partition coefficient (Wildman–Crippen LogP) is 1.65. The second-order valence-corrected chi connectivity index (χ2v) is 5.12. The Bertz CT molecular complexity index is 300. The monoisotopic (exact) mass is 262 g/mol. The van der Waals surface area contributed by atoms with Crippen molar-refractivity contribution in [1.82, 2.24) is 5.32 Å². The van der Waals surface area contributed by atoms with Crippen LogP contribution in [0, 0.1) is 0 Å². The van der Waals surface area contributed by atoms with E-state index in [-0.39, 0.29) is 11.9 Å². The molecule has 1 unspecified atom stereocenters. The molecule has 0 radical (unpaired) electrons. The van der Waals surface area contributed by atoms with E-state index in [1.807, 2.05) is 12.1 Å². The zero-order valence-corrected chi connectivity index (χ0v) is 9.61. The summed E-state index contributed by atoms with van der Waals surface area (Å²) >= 11 is 4.91. The quantitative estimate of drug-likeness (QED) is 0.871. The lowest BCUT2D eigenvalue weighted by molar-refractivity contribution is -0.120. The normalized spacial score (nSPS) is 12.5. The Kier molecular flexibility index (Phi) is 3.90. The van der Waals surface area contributed by atoms with E-state index in [0.717, 1.165) is 8.66 Å². The van der Waals surface area contributed by atoms with Crippen LogP contribution < -0.4 is 11.1 Å². The summed E-state index contributed by atoms with van der Waals surface area (Å²) in [6.07, 6.45) is 0.337. The molecule has 72 valence electrons. The highest BCUT2D eigenvalue weighted by Crippen LogP contribution is 2.27. The van der Waals surface area contributed by atoms with E-state index in [9.17, 15) is 4.79 Å². The van der Waals surface area contributed by atoms with E-state index in [0.29, 0.717) is 6.42 Å². The minimum atomic E-state index is -0.198. The molecule has 1 amide bonds. The first-order valence-corrected chi connectivity index (χ1v) is 5.46. The Morgan fingerprint density at radius 2 is 2.46 bits per heavy atom. The summed E-state index contributed by atoms with van der Waals surface area (Å²) in [5.41, 5.74) is 5.81. The van der Waals surface area contributed by atoms with Gasteiger partial charge in [0.25, 0.3) is 0 Å². The van der Waals surface area contributed by atoms with E-state index >= 15 is 0 Å². The first-order chi connectivity index (χ1) is 6.13. The van der Waals surface area contributed by atoms with Gasteiger partial charge in [-0.3, -0.25) is 4.79 Å². The van der Waals surface area contributed by atoms with E-state index in [1.54, 1.807) is 18.4 Å². The smallest absolute Gasteiger partial charge is 0.221 e. The van der Waals surface area contributed by atoms with Crippen molar-refractivity contribution in [2.45, 2.75) is 12.5 Å². The summed E-state index contributed by atoms with van der Waals surface area (Å²) in [6.45, 7) is 0. The number of hydrogen-bond donors (Lipinski definition) is 2. The lowest BCUT2D eigenvalue weighted by Crippen LogP contribution is -2.23. The maximum absolute atomic E-state index is 11.0. The maximum atomic E-state index is 11.0. The Balaban J connectivity index is 2.58. The molecule has 1 heterocycles. The highest BCUT2D eigenvalue weighted by molar-refractivity contribution is 9.11. The van der Waals surface area contributed by atoms with Gasteiger partial charge < -0.3 is 11.1 Å². The summed E-state index contributed by atoms with van der Waals surface area (Å²) in [4.78, 5) is 12.0. The summed E-state index contributed by atoms with van der Waals surface area (Å²) in [5, 5.41) is 2.55. The number of nitrogens with one attached hydrogen (secondary N) is 1. The van der Waals surface area contributed by atoms with Crippen molar-refractivity contribution in [2.75, 3.05) is 7.05 Å². The van der Waals surface area contributed by atoms with Crippen molar-refractivity contribution < 1.29 is 4.79 Å². The molecule has 1 atom stereocenters. The minimum absolute atomic E-state index is 0.0305. The van der Waals surface area contributed by atoms with E-state index in [4.69, 9.17) is 5.73 Å². The lowest BCUT2D eigenvalue weighted by atomic mass is 10.2.